The van der Waals surface area contributed by atoms with Crippen molar-refractivity contribution in [3.8, 4) is 20.9 Å². The molecule has 0 radical (unpaired) electrons. The Bertz CT molecular complexity index is 3020. The highest BCUT2D eigenvalue weighted by atomic mass is 35.5. The summed E-state index contributed by atoms with van der Waals surface area (Å²) >= 11 is 3.20. The van der Waals surface area contributed by atoms with Gasteiger partial charge < -0.3 is 45.6 Å². The highest BCUT2D eigenvalue weighted by Gasteiger charge is 2.50. The largest absolute Gasteiger partial charge is 0.480 e. The number of carbonyl (C=O) groups excluding carboxylic acids is 5. The molecule has 2 unspecified atom stereocenters. The molecule has 19 nitrogen and oxygen atoms in total. The Morgan fingerprint density at radius 2 is 1.07 bits per heavy atom. The molecule has 2 aromatic heterocycles. The predicted molar refractivity (Wildman–Crippen MR) is 322 cm³/mol. The molecule has 8 atom stereocenters. The van der Waals surface area contributed by atoms with Crippen LogP contribution in [0.2, 0.25) is 0 Å². The maximum Gasteiger partial charge on any atom is 0.408 e. The third-order valence-corrected chi connectivity index (χ3v) is 16.5. The summed E-state index contributed by atoms with van der Waals surface area (Å²) in [5.41, 5.74) is 7.05. The lowest BCUT2D eigenvalue weighted by Gasteiger charge is -2.36. The average molecular weight is 1190 g/mol. The molecular weight excluding hydrogens is 1110 g/mol. The van der Waals surface area contributed by atoms with Crippen LogP contribution in [-0.2, 0) is 39.5 Å². The summed E-state index contributed by atoms with van der Waals surface area (Å²) in [4.78, 5) is 96.1. The summed E-state index contributed by atoms with van der Waals surface area (Å²) < 4.78 is 10.4. The highest BCUT2D eigenvalue weighted by Crippen LogP contribution is 2.41. The van der Waals surface area contributed by atoms with Gasteiger partial charge >= 0.3 is 18.2 Å². The van der Waals surface area contributed by atoms with Gasteiger partial charge in [-0.15, -0.1) is 35.1 Å². The Labute approximate surface area is 496 Å². The van der Waals surface area contributed by atoms with Crippen molar-refractivity contribution in [3.63, 3.8) is 0 Å². The molecule has 0 spiro atoms. The lowest BCUT2D eigenvalue weighted by molar-refractivity contribution is -0.142. The number of likely N-dealkylation sites (tertiary alicyclic amines) is 1. The van der Waals surface area contributed by atoms with Gasteiger partial charge in [-0.05, 0) is 109 Å². The Hall–Kier alpha value is -5.97. The van der Waals surface area contributed by atoms with Crippen LogP contribution in [0, 0.1) is 24.7 Å². The van der Waals surface area contributed by atoms with E-state index in [-0.39, 0.29) is 55.2 Å². The summed E-state index contributed by atoms with van der Waals surface area (Å²) in [6.45, 7) is 29.7. The number of thiazole rings is 2. The maximum absolute atomic E-state index is 13.9. The molecule has 6 heterocycles. The molecule has 2 saturated heterocycles. The number of rotatable bonds is 10. The second kappa shape index (κ2) is 25.9. The van der Waals surface area contributed by atoms with Crippen molar-refractivity contribution in [1.29, 1.82) is 0 Å². The van der Waals surface area contributed by atoms with E-state index in [4.69, 9.17) is 14.6 Å². The number of alkyl carbamates (subject to hydrolysis) is 2. The number of nitrogens with zero attached hydrogens (tertiary/aromatic N) is 5. The number of ether oxygens (including phenoxy) is 2. The van der Waals surface area contributed by atoms with E-state index in [1.165, 1.54) is 0 Å². The number of aliphatic hydroxyl groups excluding tert-OH is 2. The van der Waals surface area contributed by atoms with Crippen molar-refractivity contribution in [3.05, 3.63) is 82.1 Å². The monoisotopic (exact) mass is 1190 g/mol. The summed E-state index contributed by atoms with van der Waals surface area (Å²) in [6.07, 6.45) is -0.656. The van der Waals surface area contributed by atoms with Gasteiger partial charge in [0.15, 0.2) is 0 Å². The van der Waals surface area contributed by atoms with Gasteiger partial charge in [-0.25, -0.2) is 34.3 Å². The number of carboxylic acids is 1. The highest BCUT2D eigenvalue weighted by molar-refractivity contribution is 7.13. The van der Waals surface area contributed by atoms with Crippen LogP contribution in [0.5, 0.6) is 0 Å². The normalized spacial score (nSPS) is 23.5. The summed E-state index contributed by atoms with van der Waals surface area (Å²) in [5.74, 6) is -1.77. The van der Waals surface area contributed by atoms with Crippen molar-refractivity contribution in [2.75, 3.05) is 13.1 Å². The summed E-state index contributed by atoms with van der Waals surface area (Å²) in [6, 6.07) is 13.7. The quantitative estimate of drug-likeness (QED) is 0.0863. The molecule has 82 heavy (non-hydrogen) atoms. The van der Waals surface area contributed by atoms with E-state index in [1.54, 1.807) is 89.9 Å². The first-order valence-corrected chi connectivity index (χ1v) is 29.0. The number of carboxylic acid groups (broad SMARTS) is 1. The molecule has 22 heteroatoms. The SMILES string of the molecule is CC(C)(C)OC(=O)N[C@H](C(=O)O)C(C)(C)C.Cc1ncsc1-c1ccc([C@]2(C)CC(C3C[C@@H](O)CN3)=NC2=O)cc1.Cc1ncsc1-c1ccc([C@]2(C)CC(C3C[C@@H](O)CN3C(=O)[C@@H](NC(=O)OC(C)(C)C)C(C)(C)C)=NC2=O)cc1.Cl. The van der Waals surface area contributed by atoms with Gasteiger partial charge in [-0.2, -0.15) is 0 Å². The van der Waals surface area contributed by atoms with Gasteiger partial charge in [-0.1, -0.05) is 90.1 Å². The van der Waals surface area contributed by atoms with E-state index in [9.17, 15) is 39.0 Å². The van der Waals surface area contributed by atoms with Crippen LogP contribution in [0.4, 0.5) is 9.59 Å². The zero-order valence-electron chi connectivity index (χ0n) is 50.0. The van der Waals surface area contributed by atoms with Crippen molar-refractivity contribution in [2.45, 2.75) is 195 Å². The number of aliphatic hydroxyl groups is 2. The minimum absolute atomic E-state index is 0. The van der Waals surface area contributed by atoms with E-state index < -0.39 is 75.2 Å². The molecule has 4 aliphatic heterocycles. The van der Waals surface area contributed by atoms with Crippen LogP contribution in [-0.4, -0.2) is 138 Å². The van der Waals surface area contributed by atoms with E-state index >= 15 is 0 Å². The lowest BCUT2D eigenvalue weighted by Crippen LogP contribution is -2.57. The van der Waals surface area contributed by atoms with E-state index in [0.717, 1.165) is 49.1 Å². The number of benzene rings is 2. The van der Waals surface area contributed by atoms with Gasteiger partial charge in [-0.3, -0.25) is 14.4 Å². The molecule has 448 valence electrons. The van der Waals surface area contributed by atoms with Gasteiger partial charge in [0.25, 0.3) is 11.8 Å². The lowest BCUT2D eigenvalue weighted by atomic mass is 9.78. The van der Waals surface area contributed by atoms with Crippen LogP contribution >= 0.6 is 35.1 Å². The average Bonchev–Trinajstić information content (AvgIpc) is 4.30. The van der Waals surface area contributed by atoms with Gasteiger partial charge in [0, 0.05) is 49.8 Å². The number of hydrogen-bond acceptors (Lipinski definition) is 15. The fraction of sp³-hybridized carbons (Fsp3) is 0.567. The fourth-order valence-electron chi connectivity index (χ4n) is 10.1. The Morgan fingerprint density at radius 3 is 1.44 bits per heavy atom. The predicted octanol–water partition coefficient (Wildman–Crippen LogP) is 9.55. The molecule has 6 N–H and O–H groups in total. The Kier molecular flexibility index (Phi) is 21.1. The number of aliphatic imine (C=N–C) groups is 2. The number of nitrogens with one attached hydrogen (secondary N) is 3. The van der Waals surface area contributed by atoms with Crippen LogP contribution < -0.4 is 16.0 Å². The topological polar surface area (TPSA) is 271 Å². The molecule has 8 rings (SSSR count). The van der Waals surface area contributed by atoms with Crippen molar-refractivity contribution < 1.29 is 53.6 Å². The fourth-order valence-corrected chi connectivity index (χ4v) is 11.7. The standard InChI is InChI=1S/C30H40N4O5S.C19H21N3O2S.C11H21NO4.ClH/c1-17-23(40-16-31-17)18-9-11-19(12-10-18)30(8)14-21(32-26(30)37)22-13-20(35)15-34(22)25(36)24(28(2,3)4)33-27(38)39-29(5,6)7;1-11-17(25-10-21-11)12-3-5-13(6-4-12)19(2)8-16(22-18(19)24)15-7-14(23)9-20-15;1-10(2,3)7(8(13)14)12-9(15)16-11(4,5)6;/h9-12,16,20,22,24,35H,13-15H2,1-8H3,(H,33,38);3-6,10,14-15,20,23H,7-9H2,1-2H3;7H,1-6H3,(H,12,15)(H,13,14);1H/t20-,22?,24-,30+;14-,15?,19+;7-;/m111./s1. The minimum atomic E-state index is -1.07. The number of aliphatic carboxylic acids is 1. The Morgan fingerprint density at radius 1 is 0.659 bits per heavy atom. The smallest absolute Gasteiger partial charge is 0.408 e. The first-order valence-electron chi connectivity index (χ1n) is 27.3. The minimum Gasteiger partial charge on any atom is -0.480 e. The number of carbonyl (C=O) groups is 6. The Balaban J connectivity index is 0.000000250. The van der Waals surface area contributed by atoms with Gasteiger partial charge in [0.2, 0.25) is 5.91 Å². The van der Waals surface area contributed by atoms with Crippen LogP contribution in [0.1, 0.15) is 145 Å². The number of aromatic nitrogens is 2. The third-order valence-electron chi connectivity index (χ3n) is 14.6. The molecule has 4 aliphatic rings. The van der Waals surface area contributed by atoms with Crippen LogP contribution in [0.15, 0.2) is 69.5 Å². The van der Waals surface area contributed by atoms with E-state index in [1.807, 2.05) is 95.9 Å². The number of amides is 5. The van der Waals surface area contributed by atoms with E-state index in [0.29, 0.717) is 31.5 Å². The van der Waals surface area contributed by atoms with Crippen molar-refractivity contribution in [1.82, 2.24) is 30.8 Å². The molecule has 5 amide bonds. The molecule has 4 aromatic rings. The number of aryl methyl sites for hydroxylation is 2. The van der Waals surface area contributed by atoms with Gasteiger partial charge in [0.1, 0.15) is 23.3 Å². The first-order chi connectivity index (χ1) is 37.4. The second-order valence-corrected chi connectivity index (χ2v) is 27.7. The molecule has 2 fully saturated rings. The molecule has 0 bridgehead atoms. The van der Waals surface area contributed by atoms with E-state index in [2.05, 4.69) is 48.0 Å². The number of β-amino-alcohol motifs (C(OH)–C–C–N with tert-alkyl or cyclic N) is 2. The second-order valence-electron chi connectivity index (χ2n) is 26.0. The van der Waals surface area contributed by atoms with Crippen molar-refractivity contribution >= 4 is 82.4 Å². The molecular formula is C60H83ClN8O11S2. The molecule has 2 aromatic carbocycles. The summed E-state index contributed by atoms with van der Waals surface area (Å²) in [7, 11) is 0. The molecule has 0 aliphatic carbocycles. The summed E-state index contributed by atoms with van der Waals surface area (Å²) in [5, 5.41) is 37.6. The maximum atomic E-state index is 13.9. The van der Waals surface area contributed by atoms with Crippen molar-refractivity contribution in [2.24, 2.45) is 20.8 Å². The number of hydrogen-bond donors (Lipinski definition) is 6. The zero-order valence-corrected chi connectivity index (χ0v) is 52.5. The van der Waals surface area contributed by atoms with Crippen LogP contribution in [0.25, 0.3) is 20.9 Å². The third kappa shape index (κ3) is 16.4. The van der Waals surface area contributed by atoms with Gasteiger partial charge in [0.05, 0.1) is 61.2 Å². The molecule has 0 saturated carbocycles. The van der Waals surface area contributed by atoms with Crippen LogP contribution in [0.3, 0.4) is 0 Å². The zero-order chi connectivity index (χ0) is 60.4. The number of halogens is 1. The first kappa shape index (κ1) is 66.8.